The van der Waals surface area contributed by atoms with E-state index < -0.39 is 0 Å². The molecule has 0 fully saturated rings. The lowest BCUT2D eigenvalue weighted by Gasteiger charge is -2.18. The van der Waals surface area contributed by atoms with Crippen LogP contribution in [0.5, 0.6) is 0 Å². The summed E-state index contributed by atoms with van der Waals surface area (Å²) >= 11 is 0. The fourth-order valence-electron chi connectivity index (χ4n) is 1.72. The lowest BCUT2D eigenvalue weighted by Crippen LogP contribution is -2.10. The first-order chi connectivity index (χ1) is 5.72. The van der Waals surface area contributed by atoms with Crippen LogP contribution in [0.1, 0.15) is 46.5 Å². The van der Waals surface area contributed by atoms with E-state index in [2.05, 4.69) is 26.1 Å². The highest BCUT2D eigenvalue weighted by Gasteiger charge is 2.09. The molecule has 0 aliphatic heterocycles. The van der Waals surface area contributed by atoms with Gasteiger partial charge in [0, 0.05) is 0 Å². The van der Waals surface area contributed by atoms with E-state index in [9.17, 15) is 0 Å². The van der Waals surface area contributed by atoms with Crippen LogP contribution in [0.15, 0.2) is 0 Å². The molecule has 0 aromatic carbocycles. The largest absolute Gasteiger partial charge is 0.320 e. The number of nitrogens with one attached hydrogen (secondary N) is 1. The number of hydrogen-bond acceptors (Lipinski definition) is 1. The van der Waals surface area contributed by atoms with Gasteiger partial charge in [0.2, 0.25) is 0 Å². The molecule has 1 atom stereocenters. The first kappa shape index (κ1) is 12.0. The molecular formula is C11H25N. The maximum atomic E-state index is 3.19. The van der Waals surface area contributed by atoms with Crippen molar-refractivity contribution >= 4 is 0 Å². The Bertz CT molecular complexity index is 89.0. The van der Waals surface area contributed by atoms with E-state index >= 15 is 0 Å². The molecule has 74 valence electrons. The molecule has 0 heterocycles. The van der Waals surface area contributed by atoms with Crippen molar-refractivity contribution in [3.63, 3.8) is 0 Å². The Morgan fingerprint density at radius 3 is 2.25 bits per heavy atom. The zero-order chi connectivity index (χ0) is 9.40. The zero-order valence-corrected chi connectivity index (χ0v) is 9.19. The zero-order valence-electron chi connectivity index (χ0n) is 9.19. The molecule has 1 nitrogen and oxygen atoms in total. The van der Waals surface area contributed by atoms with Crippen LogP contribution in [-0.2, 0) is 0 Å². The quantitative estimate of drug-likeness (QED) is 0.580. The SMILES string of the molecule is CCC(CCCCNC)C(C)C. The van der Waals surface area contributed by atoms with Gasteiger partial charge in [-0.3, -0.25) is 0 Å². The van der Waals surface area contributed by atoms with E-state index in [4.69, 9.17) is 0 Å². The molecule has 0 aliphatic carbocycles. The van der Waals surface area contributed by atoms with Gasteiger partial charge in [-0.25, -0.2) is 0 Å². The average Bonchev–Trinajstić information content (AvgIpc) is 2.04. The van der Waals surface area contributed by atoms with Crippen molar-refractivity contribution in [2.45, 2.75) is 46.5 Å². The molecule has 0 saturated heterocycles. The van der Waals surface area contributed by atoms with Crippen LogP contribution in [0.25, 0.3) is 0 Å². The highest BCUT2D eigenvalue weighted by Crippen LogP contribution is 2.20. The smallest absolute Gasteiger partial charge is 0.00519 e. The topological polar surface area (TPSA) is 12.0 Å². The molecule has 0 aromatic heterocycles. The Morgan fingerprint density at radius 2 is 1.83 bits per heavy atom. The molecule has 0 aliphatic rings. The van der Waals surface area contributed by atoms with Crippen LogP contribution in [0.2, 0.25) is 0 Å². The third-order valence-corrected chi connectivity index (χ3v) is 2.72. The normalized spacial score (nSPS) is 13.8. The van der Waals surface area contributed by atoms with Crippen molar-refractivity contribution in [1.29, 1.82) is 0 Å². The van der Waals surface area contributed by atoms with Crippen LogP contribution in [-0.4, -0.2) is 13.6 Å². The van der Waals surface area contributed by atoms with E-state index in [0.29, 0.717) is 0 Å². The summed E-state index contributed by atoms with van der Waals surface area (Å²) in [5.74, 6) is 1.81. The predicted octanol–water partition coefficient (Wildman–Crippen LogP) is 3.06. The molecule has 0 radical (unpaired) electrons. The summed E-state index contributed by atoms with van der Waals surface area (Å²) in [6.45, 7) is 8.16. The summed E-state index contributed by atoms with van der Waals surface area (Å²) in [5.41, 5.74) is 0. The molecule has 0 spiro atoms. The Labute approximate surface area is 77.9 Å². The van der Waals surface area contributed by atoms with Gasteiger partial charge < -0.3 is 5.32 Å². The first-order valence-corrected chi connectivity index (χ1v) is 5.37. The van der Waals surface area contributed by atoms with Crippen LogP contribution < -0.4 is 5.32 Å². The number of rotatable bonds is 7. The molecule has 0 aromatic rings. The van der Waals surface area contributed by atoms with Crippen LogP contribution >= 0.6 is 0 Å². The Kier molecular flexibility index (Phi) is 7.58. The van der Waals surface area contributed by atoms with E-state index in [0.717, 1.165) is 11.8 Å². The van der Waals surface area contributed by atoms with Gasteiger partial charge in [-0.2, -0.15) is 0 Å². The van der Waals surface area contributed by atoms with E-state index in [1.165, 1.54) is 32.2 Å². The van der Waals surface area contributed by atoms with Crippen molar-refractivity contribution in [2.75, 3.05) is 13.6 Å². The van der Waals surface area contributed by atoms with Gasteiger partial charge in [0.25, 0.3) is 0 Å². The maximum absolute atomic E-state index is 3.19. The van der Waals surface area contributed by atoms with Crippen molar-refractivity contribution in [1.82, 2.24) is 5.32 Å². The van der Waals surface area contributed by atoms with Gasteiger partial charge in [-0.15, -0.1) is 0 Å². The van der Waals surface area contributed by atoms with E-state index in [1.54, 1.807) is 0 Å². The second-order valence-electron chi connectivity index (χ2n) is 4.01. The number of unbranched alkanes of at least 4 members (excludes halogenated alkanes) is 1. The lowest BCUT2D eigenvalue weighted by molar-refractivity contribution is 0.337. The minimum atomic E-state index is 0.865. The maximum Gasteiger partial charge on any atom is -0.00519 e. The van der Waals surface area contributed by atoms with Crippen molar-refractivity contribution in [3.05, 3.63) is 0 Å². The molecule has 1 N–H and O–H groups in total. The molecule has 1 unspecified atom stereocenters. The lowest BCUT2D eigenvalue weighted by atomic mass is 9.88. The van der Waals surface area contributed by atoms with Crippen LogP contribution in [0, 0.1) is 11.8 Å². The average molecular weight is 171 g/mol. The van der Waals surface area contributed by atoms with Crippen molar-refractivity contribution < 1.29 is 0 Å². The standard InChI is InChI=1S/C11H25N/c1-5-11(10(2)3)8-6-7-9-12-4/h10-12H,5-9H2,1-4H3. The minimum absolute atomic E-state index is 0.865. The fourth-order valence-corrected chi connectivity index (χ4v) is 1.72. The highest BCUT2D eigenvalue weighted by molar-refractivity contribution is 4.61. The molecule has 0 rings (SSSR count). The minimum Gasteiger partial charge on any atom is -0.320 e. The molecule has 12 heavy (non-hydrogen) atoms. The predicted molar refractivity (Wildman–Crippen MR) is 56.4 cm³/mol. The molecule has 0 bridgehead atoms. The molecule has 0 amide bonds. The van der Waals surface area contributed by atoms with Gasteiger partial charge in [0.1, 0.15) is 0 Å². The highest BCUT2D eigenvalue weighted by atomic mass is 14.8. The summed E-state index contributed by atoms with van der Waals surface area (Å²) in [4.78, 5) is 0. The molecule has 1 heteroatoms. The summed E-state index contributed by atoms with van der Waals surface area (Å²) in [5, 5.41) is 3.19. The molecule has 0 saturated carbocycles. The summed E-state index contributed by atoms with van der Waals surface area (Å²) in [6.07, 6.45) is 5.48. The Morgan fingerprint density at radius 1 is 1.17 bits per heavy atom. The second-order valence-corrected chi connectivity index (χ2v) is 4.01. The Balaban J connectivity index is 3.32. The Hall–Kier alpha value is -0.0400. The van der Waals surface area contributed by atoms with Crippen LogP contribution in [0.4, 0.5) is 0 Å². The third-order valence-electron chi connectivity index (χ3n) is 2.72. The summed E-state index contributed by atoms with van der Waals surface area (Å²) in [6, 6.07) is 0. The van der Waals surface area contributed by atoms with Gasteiger partial charge in [0.15, 0.2) is 0 Å². The van der Waals surface area contributed by atoms with E-state index in [-0.39, 0.29) is 0 Å². The number of hydrogen-bond donors (Lipinski definition) is 1. The van der Waals surface area contributed by atoms with Gasteiger partial charge in [-0.1, -0.05) is 40.0 Å². The van der Waals surface area contributed by atoms with Gasteiger partial charge >= 0.3 is 0 Å². The van der Waals surface area contributed by atoms with Crippen molar-refractivity contribution in [3.8, 4) is 0 Å². The fraction of sp³-hybridized carbons (Fsp3) is 1.00. The van der Waals surface area contributed by atoms with Gasteiger partial charge in [0.05, 0.1) is 0 Å². The third kappa shape index (κ3) is 5.59. The van der Waals surface area contributed by atoms with Gasteiger partial charge in [-0.05, 0) is 31.8 Å². The summed E-state index contributed by atoms with van der Waals surface area (Å²) < 4.78 is 0. The van der Waals surface area contributed by atoms with Crippen LogP contribution in [0.3, 0.4) is 0 Å². The van der Waals surface area contributed by atoms with Crippen molar-refractivity contribution in [2.24, 2.45) is 11.8 Å². The van der Waals surface area contributed by atoms with E-state index in [1.807, 2.05) is 7.05 Å². The second kappa shape index (κ2) is 7.60. The molecular weight excluding hydrogens is 146 g/mol. The monoisotopic (exact) mass is 171 g/mol. The summed E-state index contributed by atoms with van der Waals surface area (Å²) in [7, 11) is 2.03. The first-order valence-electron chi connectivity index (χ1n) is 5.37.